The summed E-state index contributed by atoms with van der Waals surface area (Å²) in [4.78, 5) is 17.8. The zero-order valence-electron chi connectivity index (χ0n) is 10.6. The van der Waals surface area contributed by atoms with Crippen LogP contribution in [0.4, 0.5) is 5.82 Å². The van der Waals surface area contributed by atoms with E-state index < -0.39 is 0 Å². The van der Waals surface area contributed by atoms with Gasteiger partial charge in [-0.05, 0) is 12.1 Å². The summed E-state index contributed by atoms with van der Waals surface area (Å²) in [5.41, 5.74) is 0.553. The summed E-state index contributed by atoms with van der Waals surface area (Å²) < 4.78 is 5.20. The fraction of sp³-hybridized carbons (Fsp3) is 0.462. The number of rotatable bonds is 4. The zero-order valence-corrected chi connectivity index (χ0v) is 10.6. The quantitative estimate of drug-likeness (QED) is 0.858. The molecule has 1 aromatic heterocycles. The van der Waals surface area contributed by atoms with E-state index in [1.54, 1.807) is 18.3 Å². The number of hydrogen-bond acceptors (Lipinski definition) is 5. The largest absolute Gasteiger partial charge is 0.378 e. The van der Waals surface area contributed by atoms with Gasteiger partial charge in [0.05, 0.1) is 24.8 Å². The van der Waals surface area contributed by atoms with Crippen molar-refractivity contribution in [3.05, 3.63) is 23.9 Å². The molecule has 100 valence electrons. The minimum absolute atomic E-state index is 0.118. The summed E-state index contributed by atoms with van der Waals surface area (Å²) in [6.07, 6.45) is 1.99. The van der Waals surface area contributed by atoms with Crippen LogP contribution in [0.1, 0.15) is 12.0 Å². The van der Waals surface area contributed by atoms with Crippen molar-refractivity contribution in [2.45, 2.75) is 6.42 Å². The van der Waals surface area contributed by atoms with Gasteiger partial charge in [-0.3, -0.25) is 4.79 Å². The van der Waals surface area contributed by atoms with Crippen molar-refractivity contribution in [1.82, 2.24) is 9.88 Å². The maximum Gasteiger partial charge on any atom is 0.224 e. The number of nitrogens with zero attached hydrogens (tertiary/aromatic N) is 3. The summed E-state index contributed by atoms with van der Waals surface area (Å²) >= 11 is 0. The molecule has 1 aliphatic rings. The molecule has 6 nitrogen and oxygen atoms in total. The summed E-state index contributed by atoms with van der Waals surface area (Å²) in [7, 11) is 0. The van der Waals surface area contributed by atoms with E-state index >= 15 is 0 Å². The molecule has 2 heterocycles. The predicted molar refractivity (Wildman–Crippen MR) is 69.5 cm³/mol. The van der Waals surface area contributed by atoms with Crippen molar-refractivity contribution in [2.75, 3.05) is 38.2 Å². The van der Waals surface area contributed by atoms with Gasteiger partial charge < -0.3 is 15.0 Å². The first-order valence-electron chi connectivity index (χ1n) is 6.25. The van der Waals surface area contributed by atoms with Gasteiger partial charge in [-0.2, -0.15) is 5.26 Å². The summed E-state index contributed by atoms with van der Waals surface area (Å²) in [6.45, 7) is 3.08. The first kappa shape index (κ1) is 13.3. The Balaban J connectivity index is 1.76. The van der Waals surface area contributed by atoms with E-state index in [9.17, 15) is 4.79 Å². The topological polar surface area (TPSA) is 78.2 Å². The van der Waals surface area contributed by atoms with E-state index in [2.05, 4.69) is 10.3 Å². The molecular formula is C13H16N4O2. The highest BCUT2D eigenvalue weighted by Gasteiger charge is 2.15. The van der Waals surface area contributed by atoms with Crippen molar-refractivity contribution in [2.24, 2.45) is 0 Å². The smallest absolute Gasteiger partial charge is 0.224 e. The molecule has 0 aliphatic carbocycles. The summed E-state index contributed by atoms with van der Waals surface area (Å²) in [6, 6.07) is 5.36. The lowest BCUT2D eigenvalue weighted by Crippen LogP contribution is -2.41. The molecule has 0 bridgehead atoms. The average Bonchev–Trinajstić information content (AvgIpc) is 2.48. The number of pyridine rings is 1. The van der Waals surface area contributed by atoms with Crippen LogP contribution in [-0.4, -0.2) is 48.6 Å². The molecule has 6 heteroatoms. The Morgan fingerprint density at radius 1 is 1.53 bits per heavy atom. The standard InChI is InChI=1S/C13H16N4O2/c14-10-11-1-3-15-12(9-11)16-4-2-13(18)17-5-7-19-8-6-17/h1,3,9H,2,4-8H2,(H,15,16). The van der Waals surface area contributed by atoms with Crippen LogP contribution in [0.5, 0.6) is 0 Å². The molecule has 1 amide bonds. The Morgan fingerprint density at radius 2 is 2.32 bits per heavy atom. The lowest BCUT2D eigenvalue weighted by Gasteiger charge is -2.26. The van der Waals surface area contributed by atoms with Gasteiger partial charge in [0.25, 0.3) is 0 Å². The number of nitriles is 1. The molecule has 0 unspecified atom stereocenters. The van der Waals surface area contributed by atoms with Crippen LogP contribution in [-0.2, 0) is 9.53 Å². The van der Waals surface area contributed by atoms with E-state index in [4.69, 9.17) is 10.00 Å². The highest BCUT2D eigenvalue weighted by atomic mass is 16.5. The van der Waals surface area contributed by atoms with Crippen LogP contribution < -0.4 is 5.32 Å². The molecule has 0 atom stereocenters. The van der Waals surface area contributed by atoms with Crippen molar-refractivity contribution < 1.29 is 9.53 Å². The third kappa shape index (κ3) is 3.93. The van der Waals surface area contributed by atoms with Crippen molar-refractivity contribution in [3.8, 4) is 6.07 Å². The van der Waals surface area contributed by atoms with Gasteiger partial charge in [-0.1, -0.05) is 0 Å². The van der Waals surface area contributed by atoms with E-state index in [0.29, 0.717) is 50.7 Å². The molecule has 1 aliphatic heterocycles. The number of aromatic nitrogens is 1. The second-order valence-corrected chi connectivity index (χ2v) is 4.21. The van der Waals surface area contributed by atoms with Gasteiger partial charge in [-0.25, -0.2) is 4.98 Å². The average molecular weight is 260 g/mol. The van der Waals surface area contributed by atoms with E-state index in [1.807, 2.05) is 11.0 Å². The Labute approximate surface area is 112 Å². The van der Waals surface area contributed by atoms with E-state index in [0.717, 1.165) is 0 Å². The van der Waals surface area contributed by atoms with Crippen molar-refractivity contribution >= 4 is 11.7 Å². The summed E-state index contributed by atoms with van der Waals surface area (Å²) in [5, 5.41) is 11.8. The SMILES string of the molecule is N#Cc1ccnc(NCCC(=O)N2CCOCC2)c1. The predicted octanol–water partition coefficient (Wildman–Crippen LogP) is 0.614. The van der Waals surface area contributed by atoms with Gasteiger partial charge >= 0.3 is 0 Å². The van der Waals surface area contributed by atoms with Crippen LogP contribution in [0, 0.1) is 11.3 Å². The molecule has 1 aromatic rings. The lowest BCUT2D eigenvalue weighted by atomic mass is 10.3. The number of nitrogens with one attached hydrogen (secondary N) is 1. The molecule has 2 rings (SSSR count). The molecule has 1 saturated heterocycles. The highest BCUT2D eigenvalue weighted by molar-refractivity contribution is 5.76. The maximum atomic E-state index is 11.9. The number of amides is 1. The Hall–Kier alpha value is -2.13. The number of morpholine rings is 1. The third-order valence-corrected chi connectivity index (χ3v) is 2.90. The van der Waals surface area contributed by atoms with Gasteiger partial charge in [0.1, 0.15) is 5.82 Å². The Morgan fingerprint density at radius 3 is 3.05 bits per heavy atom. The minimum atomic E-state index is 0.118. The first-order valence-corrected chi connectivity index (χ1v) is 6.25. The lowest BCUT2D eigenvalue weighted by molar-refractivity contribution is -0.134. The molecule has 0 saturated carbocycles. The monoisotopic (exact) mass is 260 g/mol. The fourth-order valence-electron chi connectivity index (χ4n) is 1.87. The molecule has 1 fully saturated rings. The molecule has 0 aromatic carbocycles. The maximum absolute atomic E-state index is 11.9. The van der Waals surface area contributed by atoms with Crippen LogP contribution in [0.2, 0.25) is 0 Å². The number of anilines is 1. The Kier molecular flexibility index (Phi) is 4.70. The van der Waals surface area contributed by atoms with Gasteiger partial charge in [0.15, 0.2) is 0 Å². The second kappa shape index (κ2) is 6.71. The van der Waals surface area contributed by atoms with Gasteiger partial charge in [-0.15, -0.1) is 0 Å². The Bertz CT molecular complexity index is 478. The molecule has 1 N–H and O–H groups in total. The van der Waals surface area contributed by atoms with Crippen molar-refractivity contribution in [3.63, 3.8) is 0 Å². The van der Waals surface area contributed by atoms with Gasteiger partial charge in [0.2, 0.25) is 5.91 Å². The summed E-state index contributed by atoms with van der Waals surface area (Å²) in [5.74, 6) is 0.737. The second-order valence-electron chi connectivity index (χ2n) is 4.21. The van der Waals surface area contributed by atoms with Crippen LogP contribution in [0.15, 0.2) is 18.3 Å². The number of hydrogen-bond donors (Lipinski definition) is 1. The van der Waals surface area contributed by atoms with Crippen molar-refractivity contribution in [1.29, 1.82) is 5.26 Å². The van der Waals surface area contributed by atoms with Crippen LogP contribution in [0.25, 0.3) is 0 Å². The molecule has 0 radical (unpaired) electrons. The number of ether oxygens (including phenoxy) is 1. The highest BCUT2D eigenvalue weighted by Crippen LogP contribution is 2.06. The zero-order chi connectivity index (χ0) is 13.5. The molecule has 19 heavy (non-hydrogen) atoms. The molecule has 0 spiro atoms. The number of carbonyl (C=O) groups excluding carboxylic acids is 1. The normalized spacial score (nSPS) is 14.8. The minimum Gasteiger partial charge on any atom is -0.378 e. The third-order valence-electron chi connectivity index (χ3n) is 2.90. The van der Waals surface area contributed by atoms with E-state index in [1.165, 1.54) is 0 Å². The van der Waals surface area contributed by atoms with E-state index in [-0.39, 0.29) is 5.91 Å². The number of carbonyl (C=O) groups is 1. The fourth-order valence-corrected chi connectivity index (χ4v) is 1.87. The van der Waals surface area contributed by atoms with Crippen LogP contribution >= 0.6 is 0 Å². The van der Waals surface area contributed by atoms with Gasteiger partial charge in [0, 0.05) is 32.3 Å². The van der Waals surface area contributed by atoms with Crippen LogP contribution in [0.3, 0.4) is 0 Å². The molecular weight excluding hydrogens is 244 g/mol. The first-order chi connectivity index (χ1) is 9.29.